The van der Waals surface area contributed by atoms with Gasteiger partial charge in [-0.25, -0.2) is 8.42 Å². The van der Waals surface area contributed by atoms with Crippen molar-refractivity contribution >= 4 is 31.7 Å². The molecule has 5 nitrogen and oxygen atoms in total. The van der Waals surface area contributed by atoms with Crippen LogP contribution in [-0.2, 0) is 14.6 Å². The summed E-state index contributed by atoms with van der Waals surface area (Å²) in [6, 6.07) is 6.40. The average molecular weight is 364 g/mol. The number of nitrogens with zero attached hydrogens (tertiary/aromatic N) is 1. The zero-order chi connectivity index (χ0) is 15.3. The Balaban J connectivity index is 2.75. The Bertz CT molecular complexity index is 554. The van der Waals surface area contributed by atoms with E-state index in [2.05, 4.69) is 15.9 Å². The quantitative estimate of drug-likeness (QED) is 0.801. The molecule has 0 unspecified atom stereocenters. The molecule has 0 fully saturated rings. The third-order valence-electron chi connectivity index (χ3n) is 2.89. The predicted molar refractivity (Wildman–Crippen MR) is 80.5 cm³/mol. The fourth-order valence-corrected chi connectivity index (χ4v) is 3.22. The highest BCUT2D eigenvalue weighted by Gasteiger charge is 2.19. The van der Waals surface area contributed by atoms with Gasteiger partial charge in [0.2, 0.25) is 0 Å². The van der Waals surface area contributed by atoms with Crippen molar-refractivity contribution in [2.24, 2.45) is 0 Å². The Morgan fingerprint density at radius 1 is 1.30 bits per heavy atom. The molecule has 0 amide bonds. The van der Waals surface area contributed by atoms with Gasteiger partial charge in [-0.2, -0.15) is 0 Å². The van der Waals surface area contributed by atoms with E-state index in [0.717, 1.165) is 4.47 Å². The lowest BCUT2D eigenvalue weighted by molar-refractivity contribution is -0.138. The number of benzene rings is 1. The van der Waals surface area contributed by atoms with E-state index in [1.54, 1.807) is 17.0 Å². The number of hydrogen-bond donors (Lipinski definition) is 1. The highest BCUT2D eigenvalue weighted by molar-refractivity contribution is 9.10. The molecule has 1 aromatic rings. The van der Waals surface area contributed by atoms with Crippen LogP contribution in [0, 0.1) is 0 Å². The maximum absolute atomic E-state index is 12.2. The molecular formula is C13H18BrNO4S. The number of carboxylic acids is 1. The number of hydrogen-bond acceptors (Lipinski definition) is 4. The molecule has 0 saturated carbocycles. The van der Waals surface area contributed by atoms with Crippen LogP contribution in [0.1, 0.15) is 13.8 Å². The molecule has 1 N–H and O–H groups in total. The van der Waals surface area contributed by atoms with E-state index >= 15 is 0 Å². The molecule has 0 atom stereocenters. The molecule has 0 radical (unpaired) electrons. The summed E-state index contributed by atoms with van der Waals surface area (Å²) < 4.78 is 25.1. The van der Waals surface area contributed by atoms with Gasteiger partial charge in [0.05, 0.1) is 17.2 Å². The molecule has 7 heteroatoms. The lowest BCUT2D eigenvalue weighted by Crippen LogP contribution is -2.38. The summed E-state index contributed by atoms with van der Waals surface area (Å²) in [7, 11) is -3.40. The van der Waals surface area contributed by atoms with Gasteiger partial charge in [-0.1, -0.05) is 15.9 Å². The standard InChI is InChI=1S/C13H18BrNO4S/c1-10(2)15(9-13(16)17)7-8-20(18,19)12-5-3-11(14)4-6-12/h3-6,10H,7-9H2,1-2H3,(H,16,17). The minimum Gasteiger partial charge on any atom is -0.480 e. The zero-order valence-electron chi connectivity index (χ0n) is 11.4. The highest BCUT2D eigenvalue weighted by atomic mass is 79.9. The molecular weight excluding hydrogens is 346 g/mol. The molecule has 0 bridgehead atoms. The van der Waals surface area contributed by atoms with Crippen molar-refractivity contribution in [2.75, 3.05) is 18.8 Å². The SMILES string of the molecule is CC(C)N(CCS(=O)(=O)c1ccc(Br)cc1)CC(=O)O. The Kier molecular flexibility index (Phi) is 6.16. The van der Waals surface area contributed by atoms with Crippen LogP contribution in [0.15, 0.2) is 33.6 Å². The van der Waals surface area contributed by atoms with Gasteiger partial charge in [0.15, 0.2) is 9.84 Å². The van der Waals surface area contributed by atoms with Crippen molar-refractivity contribution in [3.05, 3.63) is 28.7 Å². The first kappa shape index (κ1) is 17.1. The summed E-state index contributed by atoms with van der Waals surface area (Å²) in [4.78, 5) is 12.6. The third-order valence-corrected chi connectivity index (χ3v) is 5.13. The first-order valence-electron chi connectivity index (χ1n) is 6.16. The number of carbonyl (C=O) groups is 1. The van der Waals surface area contributed by atoms with Gasteiger partial charge in [0.1, 0.15) is 0 Å². The Hall–Kier alpha value is -0.920. The molecule has 1 rings (SSSR count). The molecule has 0 aromatic heterocycles. The zero-order valence-corrected chi connectivity index (χ0v) is 13.8. The van der Waals surface area contributed by atoms with Crippen molar-refractivity contribution in [3.8, 4) is 0 Å². The van der Waals surface area contributed by atoms with Crippen molar-refractivity contribution in [1.29, 1.82) is 0 Å². The third kappa shape index (κ3) is 5.22. The number of carboxylic acid groups (broad SMARTS) is 1. The molecule has 0 spiro atoms. The van der Waals surface area contributed by atoms with Crippen LogP contribution < -0.4 is 0 Å². The molecule has 1 aromatic carbocycles. The minimum absolute atomic E-state index is 0.0220. The summed E-state index contributed by atoms with van der Waals surface area (Å²) in [5.74, 6) is -1.06. The van der Waals surface area contributed by atoms with Crippen LogP contribution in [-0.4, -0.2) is 49.3 Å². The lowest BCUT2D eigenvalue weighted by Gasteiger charge is -2.24. The van der Waals surface area contributed by atoms with Crippen LogP contribution in [0.2, 0.25) is 0 Å². The van der Waals surface area contributed by atoms with Crippen LogP contribution in [0.25, 0.3) is 0 Å². The fourth-order valence-electron chi connectivity index (χ4n) is 1.69. The predicted octanol–water partition coefficient (Wildman–Crippen LogP) is 2.02. The van der Waals surface area contributed by atoms with Crippen LogP contribution in [0.3, 0.4) is 0 Å². The van der Waals surface area contributed by atoms with Crippen LogP contribution >= 0.6 is 15.9 Å². The number of aliphatic carboxylic acids is 1. The summed E-state index contributed by atoms with van der Waals surface area (Å²) in [6.45, 7) is 3.72. The summed E-state index contributed by atoms with van der Waals surface area (Å²) in [5.41, 5.74) is 0. The number of halogens is 1. The molecule has 0 aliphatic rings. The Morgan fingerprint density at radius 2 is 1.85 bits per heavy atom. The van der Waals surface area contributed by atoms with Crippen molar-refractivity contribution in [2.45, 2.75) is 24.8 Å². The highest BCUT2D eigenvalue weighted by Crippen LogP contribution is 2.16. The van der Waals surface area contributed by atoms with E-state index in [0.29, 0.717) is 0 Å². The van der Waals surface area contributed by atoms with Gasteiger partial charge in [-0.3, -0.25) is 9.69 Å². The largest absolute Gasteiger partial charge is 0.480 e. The number of rotatable bonds is 7. The van der Waals surface area contributed by atoms with E-state index in [1.165, 1.54) is 12.1 Å². The van der Waals surface area contributed by atoms with Gasteiger partial charge in [0.25, 0.3) is 0 Å². The lowest BCUT2D eigenvalue weighted by atomic mass is 10.3. The monoisotopic (exact) mass is 363 g/mol. The van der Waals surface area contributed by atoms with E-state index < -0.39 is 15.8 Å². The Labute approximate surface area is 127 Å². The number of sulfone groups is 1. The van der Waals surface area contributed by atoms with Crippen LogP contribution in [0.5, 0.6) is 0 Å². The van der Waals surface area contributed by atoms with Gasteiger partial charge in [-0.15, -0.1) is 0 Å². The van der Waals surface area contributed by atoms with Gasteiger partial charge in [-0.05, 0) is 38.1 Å². The van der Waals surface area contributed by atoms with E-state index in [4.69, 9.17) is 5.11 Å². The first-order valence-corrected chi connectivity index (χ1v) is 8.61. The minimum atomic E-state index is -3.40. The summed E-state index contributed by atoms with van der Waals surface area (Å²) in [5, 5.41) is 8.81. The molecule has 0 heterocycles. The topological polar surface area (TPSA) is 74.7 Å². The van der Waals surface area contributed by atoms with Gasteiger partial charge >= 0.3 is 5.97 Å². The summed E-state index contributed by atoms with van der Waals surface area (Å²) >= 11 is 3.25. The second-order valence-electron chi connectivity index (χ2n) is 4.73. The molecule has 0 aliphatic heterocycles. The summed E-state index contributed by atoms with van der Waals surface area (Å²) in [6.07, 6.45) is 0. The maximum atomic E-state index is 12.2. The fraction of sp³-hybridized carbons (Fsp3) is 0.462. The second-order valence-corrected chi connectivity index (χ2v) is 7.76. The second kappa shape index (κ2) is 7.19. The van der Waals surface area contributed by atoms with Gasteiger partial charge in [0, 0.05) is 17.1 Å². The smallest absolute Gasteiger partial charge is 0.317 e. The molecule has 0 saturated heterocycles. The normalized spacial score (nSPS) is 12.1. The maximum Gasteiger partial charge on any atom is 0.317 e. The van der Waals surface area contributed by atoms with E-state index in [-0.39, 0.29) is 29.8 Å². The first-order chi connectivity index (χ1) is 9.22. The van der Waals surface area contributed by atoms with E-state index in [9.17, 15) is 13.2 Å². The van der Waals surface area contributed by atoms with Crippen LogP contribution in [0.4, 0.5) is 0 Å². The van der Waals surface area contributed by atoms with Gasteiger partial charge < -0.3 is 5.11 Å². The van der Waals surface area contributed by atoms with Crippen molar-refractivity contribution in [1.82, 2.24) is 4.90 Å². The van der Waals surface area contributed by atoms with Crippen molar-refractivity contribution < 1.29 is 18.3 Å². The van der Waals surface area contributed by atoms with Crippen molar-refractivity contribution in [3.63, 3.8) is 0 Å². The molecule has 0 aliphatic carbocycles. The molecule has 112 valence electrons. The average Bonchev–Trinajstić information content (AvgIpc) is 2.34. The van der Waals surface area contributed by atoms with E-state index in [1.807, 2.05) is 13.8 Å². The molecule has 20 heavy (non-hydrogen) atoms. The Morgan fingerprint density at radius 3 is 2.30 bits per heavy atom.